The number of aromatic nitrogens is 3. The van der Waals surface area contributed by atoms with Gasteiger partial charge in [-0.2, -0.15) is 4.98 Å². The van der Waals surface area contributed by atoms with Gasteiger partial charge in [0.15, 0.2) is 23.8 Å². The number of hydrogen-bond acceptors (Lipinski definition) is 7. The quantitative estimate of drug-likeness (QED) is 0.482. The summed E-state index contributed by atoms with van der Waals surface area (Å²) in [5.41, 5.74) is 9.33. The Bertz CT molecular complexity index is 1320. The first-order chi connectivity index (χ1) is 15.6. The topological polar surface area (TPSA) is 113 Å². The van der Waals surface area contributed by atoms with Crippen molar-refractivity contribution in [2.45, 2.75) is 6.92 Å². The summed E-state index contributed by atoms with van der Waals surface area (Å²) in [6.45, 7) is 2.81. The van der Waals surface area contributed by atoms with Gasteiger partial charge in [0, 0.05) is 11.3 Å². The van der Waals surface area contributed by atoms with Crippen LogP contribution in [0.3, 0.4) is 0 Å². The first-order valence-electron chi connectivity index (χ1n) is 10.1. The zero-order valence-electron chi connectivity index (χ0n) is 17.4. The minimum absolute atomic E-state index is 0.162. The number of hydrogen-bond donors (Lipinski definition) is 2. The number of carbonyl (C=O) groups is 1. The lowest BCUT2D eigenvalue weighted by Crippen LogP contribution is -2.20. The summed E-state index contributed by atoms with van der Waals surface area (Å²) < 4.78 is 18.5. The van der Waals surface area contributed by atoms with Crippen molar-refractivity contribution in [3.05, 3.63) is 60.2 Å². The van der Waals surface area contributed by atoms with Gasteiger partial charge in [0.05, 0.1) is 5.69 Å². The molecule has 0 saturated carbocycles. The molecule has 3 N–H and O–H groups in total. The molecule has 2 aromatic heterocycles. The number of ether oxygens (including phenoxy) is 3. The van der Waals surface area contributed by atoms with Crippen LogP contribution in [0.1, 0.15) is 5.56 Å². The van der Waals surface area contributed by atoms with Gasteiger partial charge >= 0.3 is 0 Å². The zero-order valence-corrected chi connectivity index (χ0v) is 17.4. The van der Waals surface area contributed by atoms with E-state index in [0.717, 1.165) is 34.0 Å². The summed E-state index contributed by atoms with van der Waals surface area (Å²) in [6.07, 6.45) is 0. The predicted octanol–water partition coefficient (Wildman–Crippen LogP) is 3.08. The van der Waals surface area contributed by atoms with Crippen molar-refractivity contribution in [2.75, 3.05) is 25.1 Å². The van der Waals surface area contributed by atoms with Crippen LogP contribution in [0.15, 0.2) is 54.6 Å². The molecule has 9 heteroatoms. The Morgan fingerprint density at radius 1 is 1.12 bits per heavy atom. The molecule has 0 bridgehead atoms. The number of amides is 1. The molecule has 0 spiro atoms. The third-order valence-electron chi connectivity index (χ3n) is 5.00. The third-order valence-corrected chi connectivity index (χ3v) is 5.00. The highest BCUT2D eigenvalue weighted by molar-refractivity contribution is 5.75. The smallest absolute Gasteiger partial charge is 0.255 e. The molecule has 0 radical (unpaired) electrons. The van der Waals surface area contributed by atoms with Crippen molar-refractivity contribution in [3.8, 4) is 28.5 Å². The Kier molecular flexibility index (Phi) is 4.98. The number of fused-ring (bicyclic) bond motifs is 2. The lowest BCUT2D eigenvalue weighted by molar-refractivity contribution is -0.119. The minimum atomic E-state index is -0.519. The van der Waals surface area contributed by atoms with E-state index in [1.807, 2.05) is 55.5 Å². The fourth-order valence-corrected chi connectivity index (χ4v) is 3.55. The van der Waals surface area contributed by atoms with Gasteiger partial charge in [-0.3, -0.25) is 4.79 Å². The van der Waals surface area contributed by atoms with Gasteiger partial charge < -0.3 is 25.3 Å². The highest BCUT2D eigenvalue weighted by Gasteiger charge is 2.15. The number of rotatable bonds is 6. The summed E-state index contributed by atoms with van der Waals surface area (Å²) in [7, 11) is 0. The van der Waals surface area contributed by atoms with E-state index in [4.69, 9.17) is 19.9 Å². The minimum Gasteiger partial charge on any atom is -0.486 e. The number of aryl methyl sites for hydroxylation is 1. The number of pyridine rings is 1. The van der Waals surface area contributed by atoms with Gasteiger partial charge in [0.25, 0.3) is 5.91 Å². The maximum Gasteiger partial charge on any atom is 0.255 e. The monoisotopic (exact) mass is 431 g/mol. The molecule has 0 saturated heterocycles. The van der Waals surface area contributed by atoms with E-state index in [9.17, 15) is 4.79 Å². The van der Waals surface area contributed by atoms with E-state index < -0.39 is 5.91 Å². The molecular weight excluding hydrogens is 410 g/mol. The molecule has 0 unspecified atom stereocenters. The van der Waals surface area contributed by atoms with Crippen molar-refractivity contribution >= 4 is 23.2 Å². The molecule has 0 aliphatic carbocycles. The Balaban J connectivity index is 1.42. The predicted molar refractivity (Wildman–Crippen MR) is 119 cm³/mol. The molecule has 3 heterocycles. The summed E-state index contributed by atoms with van der Waals surface area (Å²) in [6, 6.07) is 17.1. The van der Waals surface area contributed by atoms with Gasteiger partial charge in [-0.1, -0.05) is 6.07 Å². The van der Waals surface area contributed by atoms with Crippen LogP contribution in [-0.2, 0) is 4.79 Å². The Morgan fingerprint density at radius 3 is 2.78 bits per heavy atom. The Morgan fingerprint density at radius 2 is 1.97 bits per heavy atom. The highest BCUT2D eigenvalue weighted by atomic mass is 16.6. The van der Waals surface area contributed by atoms with Crippen LogP contribution in [0.25, 0.3) is 16.9 Å². The number of carbonyl (C=O) groups excluding carboxylic acids is 1. The highest BCUT2D eigenvalue weighted by Crippen LogP contribution is 2.34. The van der Waals surface area contributed by atoms with E-state index in [1.165, 1.54) is 0 Å². The van der Waals surface area contributed by atoms with E-state index in [0.29, 0.717) is 30.6 Å². The van der Waals surface area contributed by atoms with E-state index in [1.54, 1.807) is 10.6 Å². The van der Waals surface area contributed by atoms with Crippen LogP contribution in [0.4, 0.5) is 11.6 Å². The molecule has 5 rings (SSSR count). The molecule has 162 valence electrons. The number of nitrogens with one attached hydrogen (secondary N) is 1. The molecule has 32 heavy (non-hydrogen) atoms. The van der Waals surface area contributed by atoms with Crippen molar-refractivity contribution in [2.24, 2.45) is 5.73 Å². The van der Waals surface area contributed by atoms with Crippen LogP contribution in [-0.4, -0.2) is 40.3 Å². The van der Waals surface area contributed by atoms with Crippen LogP contribution in [0, 0.1) is 6.92 Å². The van der Waals surface area contributed by atoms with Crippen LogP contribution >= 0.6 is 0 Å². The number of nitrogens with zero attached hydrogens (tertiary/aromatic N) is 3. The third kappa shape index (κ3) is 3.87. The SMILES string of the molecule is Cc1cc(Nc2nc3cccc(-c4ccc5c(c4)OCCO5)n3n2)ccc1OCC(N)=O. The van der Waals surface area contributed by atoms with Crippen LogP contribution in [0.5, 0.6) is 17.2 Å². The molecule has 1 aliphatic heterocycles. The zero-order chi connectivity index (χ0) is 22.1. The normalized spacial score (nSPS) is 12.5. The average Bonchev–Trinajstić information content (AvgIpc) is 3.20. The molecule has 0 atom stereocenters. The van der Waals surface area contributed by atoms with Gasteiger partial charge in [0.2, 0.25) is 5.95 Å². The second-order valence-corrected chi connectivity index (χ2v) is 7.34. The molecule has 0 fully saturated rings. The maximum atomic E-state index is 10.9. The molecule has 1 aliphatic rings. The lowest BCUT2D eigenvalue weighted by Gasteiger charge is -2.19. The van der Waals surface area contributed by atoms with E-state index >= 15 is 0 Å². The lowest BCUT2D eigenvalue weighted by atomic mass is 10.1. The molecular formula is C23H21N5O4. The van der Waals surface area contributed by atoms with Gasteiger partial charge in [-0.05, 0) is 61.0 Å². The second-order valence-electron chi connectivity index (χ2n) is 7.34. The maximum absolute atomic E-state index is 10.9. The standard InChI is InChI=1S/C23H21N5O4/c1-14-11-16(6-8-18(14)32-13-21(24)29)25-23-26-22-4-2-3-17(28(22)27-23)15-5-7-19-20(12-15)31-10-9-30-19/h2-8,11-12H,9-10,13H2,1H3,(H2,24,29)(H,25,27). The van der Waals surface area contributed by atoms with Crippen LogP contribution < -0.4 is 25.3 Å². The summed E-state index contributed by atoms with van der Waals surface area (Å²) in [4.78, 5) is 15.5. The first kappa shape index (κ1) is 19.7. The van der Waals surface area contributed by atoms with Crippen molar-refractivity contribution in [1.82, 2.24) is 14.6 Å². The fourth-order valence-electron chi connectivity index (χ4n) is 3.55. The number of anilines is 2. The number of nitrogens with two attached hydrogens (primary N) is 1. The van der Waals surface area contributed by atoms with Crippen molar-refractivity contribution < 1.29 is 19.0 Å². The molecule has 2 aromatic carbocycles. The van der Waals surface area contributed by atoms with Gasteiger partial charge in [-0.15, -0.1) is 5.10 Å². The van der Waals surface area contributed by atoms with Gasteiger partial charge in [0.1, 0.15) is 19.0 Å². The number of benzene rings is 2. The van der Waals surface area contributed by atoms with Crippen molar-refractivity contribution in [1.29, 1.82) is 0 Å². The molecule has 4 aromatic rings. The fraction of sp³-hybridized carbons (Fsp3) is 0.174. The van der Waals surface area contributed by atoms with Crippen molar-refractivity contribution in [3.63, 3.8) is 0 Å². The summed E-state index contributed by atoms with van der Waals surface area (Å²) in [5.74, 6) is 2.00. The second kappa shape index (κ2) is 8.10. The largest absolute Gasteiger partial charge is 0.486 e. The molecule has 1 amide bonds. The first-order valence-corrected chi connectivity index (χ1v) is 10.1. The van der Waals surface area contributed by atoms with Crippen LogP contribution in [0.2, 0.25) is 0 Å². The van der Waals surface area contributed by atoms with E-state index in [2.05, 4.69) is 15.4 Å². The summed E-state index contributed by atoms with van der Waals surface area (Å²) >= 11 is 0. The molecule has 9 nitrogen and oxygen atoms in total. The average molecular weight is 431 g/mol. The van der Waals surface area contributed by atoms with E-state index in [-0.39, 0.29) is 6.61 Å². The summed E-state index contributed by atoms with van der Waals surface area (Å²) in [5, 5.41) is 7.86. The van der Waals surface area contributed by atoms with Gasteiger partial charge in [-0.25, -0.2) is 4.52 Å². The Hall–Kier alpha value is -4.27. The Labute approximate surface area is 183 Å². The number of primary amides is 1.